The summed E-state index contributed by atoms with van der Waals surface area (Å²) >= 11 is 5.07. The molecule has 0 fully saturated rings. The normalized spacial score (nSPS) is 15.0. The Labute approximate surface area is 308 Å². The van der Waals surface area contributed by atoms with Crippen molar-refractivity contribution in [3.63, 3.8) is 0 Å². The van der Waals surface area contributed by atoms with Crippen LogP contribution in [-0.2, 0) is 5.41 Å². The minimum atomic E-state index is -0.529. The van der Waals surface area contributed by atoms with Crippen LogP contribution >= 0.6 is 34.0 Å². The zero-order valence-corrected chi connectivity index (χ0v) is 33.4. The number of nitrogens with zero attached hydrogens (tertiary/aromatic N) is 1. The van der Waals surface area contributed by atoms with Crippen LogP contribution in [0.1, 0.15) is 196 Å². The standard InChI is InChI=1S/C42H59NO3S3/c1-6-9-12-15-18-21-24-42(25-22-19-16-13-10-7-2)32-28-33(49-37(32)36-31(39(42)44)27-29(4)47-36)38-35-34(30(5)48-38)40(45)43(41(35)46)26-23-20-17-14-11-8-3/h27-28H,6-26H2,1-5H3. The van der Waals surface area contributed by atoms with Gasteiger partial charge in [0.05, 0.1) is 26.3 Å². The first-order valence-electron chi connectivity index (χ1n) is 19.6. The summed E-state index contributed by atoms with van der Waals surface area (Å²) in [5.41, 5.74) is 2.78. The molecule has 0 N–H and O–H groups in total. The molecule has 0 atom stereocenters. The van der Waals surface area contributed by atoms with Crippen molar-refractivity contribution in [2.24, 2.45) is 0 Å². The summed E-state index contributed by atoms with van der Waals surface area (Å²) in [6, 6.07) is 4.42. The van der Waals surface area contributed by atoms with Crippen molar-refractivity contribution in [1.29, 1.82) is 0 Å². The number of amides is 2. The molecule has 0 unspecified atom stereocenters. The van der Waals surface area contributed by atoms with Gasteiger partial charge in [-0.25, -0.2) is 0 Å². The third-order valence-corrected chi connectivity index (χ3v) is 14.5. The smallest absolute Gasteiger partial charge is 0.263 e. The summed E-state index contributed by atoms with van der Waals surface area (Å²) in [6.07, 6.45) is 22.9. The van der Waals surface area contributed by atoms with Crippen LogP contribution in [-0.4, -0.2) is 29.0 Å². The molecule has 5 rings (SSSR count). The van der Waals surface area contributed by atoms with E-state index in [2.05, 4.69) is 39.8 Å². The van der Waals surface area contributed by atoms with Crippen LogP contribution in [0.5, 0.6) is 0 Å². The lowest BCUT2D eigenvalue weighted by Crippen LogP contribution is -2.38. The van der Waals surface area contributed by atoms with Gasteiger partial charge < -0.3 is 0 Å². The number of imide groups is 1. The second kappa shape index (κ2) is 17.9. The minimum Gasteiger partial charge on any atom is -0.293 e. The summed E-state index contributed by atoms with van der Waals surface area (Å²) in [6.45, 7) is 11.3. The number of rotatable bonds is 22. The zero-order valence-electron chi connectivity index (χ0n) is 30.9. The van der Waals surface area contributed by atoms with Gasteiger partial charge in [0.1, 0.15) is 0 Å². The average Bonchev–Trinajstić information content (AvgIpc) is 3.84. The fourth-order valence-corrected chi connectivity index (χ4v) is 11.8. The maximum absolute atomic E-state index is 14.8. The highest BCUT2D eigenvalue weighted by Gasteiger charge is 2.48. The van der Waals surface area contributed by atoms with Crippen molar-refractivity contribution in [1.82, 2.24) is 4.90 Å². The SMILES string of the molecule is CCCCCCCCN1C(=O)c2c(C)sc(-c3cc4c(s3)-c3sc(C)cc3C(=O)C4(CCCCCCCC)CCCCCCCC)c2C1=O. The Bertz CT molecular complexity index is 1570. The molecule has 4 nitrogen and oxygen atoms in total. The van der Waals surface area contributed by atoms with E-state index in [1.54, 1.807) is 34.0 Å². The first kappa shape index (κ1) is 38.1. The van der Waals surface area contributed by atoms with Crippen LogP contribution in [0.3, 0.4) is 0 Å². The molecule has 0 saturated carbocycles. The molecule has 3 aromatic heterocycles. The Morgan fingerprint density at radius 2 is 1.10 bits per heavy atom. The summed E-state index contributed by atoms with van der Waals surface area (Å²) in [5.74, 6) is 0.0601. The van der Waals surface area contributed by atoms with Crippen molar-refractivity contribution < 1.29 is 14.4 Å². The van der Waals surface area contributed by atoms with Gasteiger partial charge in [-0.05, 0) is 50.8 Å². The second-order valence-electron chi connectivity index (χ2n) is 14.7. The van der Waals surface area contributed by atoms with E-state index in [0.29, 0.717) is 23.5 Å². The largest absolute Gasteiger partial charge is 0.293 e. The number of thiophene rings is 3. The third-order valence-electron chi connectivity index (χ3n) is 10.9. The molecule has 49 heavy (non-hydrogen) atoms. The molecule has 3 aromatic rings. The number of unbranched alkanes of at least 4 members (excludes halogenated alkanes) is 15. The van der Waals surface area contributed by atoms with Gasteiger partial charge in [-0.15, -0.1) is 34.0 Å². The molecule has 0 aromatic carbocycles. The zero-order chi connectivity index (χ0) is 35.0. The van der Waals surface area contributed by atoms with Crippen molar-refractivity contribution in [3.05, 3.63) is 44.1 Å². The fraction of sp³-hybridized carbons (Fsp3) is 0.643. The predicted octanol–water partition coefficient (Wildman–Crippen LogP) is 13.7. The van der Waals surface area contributed by atoms with Crippen LogP contribution in [0.25, 0.3) is 19.5 Å². The topological polar surface area (TPSA) is 54.5 Å². The number of aryl methyl sites for hydroxylation is 2. The molecule has 2 aliphatic rings. The van der Waals surface area contributed by atoms with Gasteiger partial charge in [-0.2, -0.15) is 0 Å². The van der Waals surface area contributed by atoms with Crippen molar-refractivity contribution in [3.8, 4) is 19.5 Å². The van der Waals surface area contributed by atoms with Crippen LogP contribution in [0.4, 0.5) is 0 Å². The van der Waals surface area contributed by atoms with Gasteiger partial charge in [-0.3, -0.25) is 19.3 Å². The molecule has 1 aliphatic heterocycles. The number of Topliss-reactive ketones (excluding diaryl/α,β-unsaturated/α-hetero) is 1. The number of hydrogen-bond acceptors (Lipinski definition) is 6. The third kappa shape index (κ3) is 8.20. The Morgan fingerprint density at radius 1 is 0.571 bits per heavy atom. The van der Waals surface area contributed by atoms with E-state index < -0.39 is 5.41 Å². The maximum atomic E-state index is 14.8. The highest BCUT2D eigenvalue weighted by Crippen LogP contribution is 2.57. The molecule has 4 heterocycles. The number of ketones is 1. The molecule has 7 heteroatoms. The number of hydrogen-bond donors (Lipinski definition) is 0. The van der Waals surface area contributed by atoms with E-state index in [1.165, 1.54) is 90.8 Å². The lowest BCUT2D eigenvalue weighted by atomic mass is 9.65. The van der Waals surface area contributed by atoms with E-state index in [4.69, 9.17) is 0 Å². The molecule has 268 valence electrons. The van der Waals surface area contributed by atoms with Crippen molar-refractivity contribution in [2.45, 2.75) is 168 Å². The van der Waals surface area contributed by atoms with Gasteiger partial charge in [0.15, 0.2) is 5.78 Å². The summed E-state index contributed by atoms with van der Waals surface area (Å²) in [7, 11) is 0. The number of fused-ring (bicyclic) bond motifs is 4. The first-order chi connectivity index (χ1) is 23.8. The van der Waals surface area contributed by atoms with Crippen LogP contribution < -0.4 is 0 Å². The summed E-state index contributed by atoms with van der Waals surface area (Å²) in [5, 5.41) is 0. The predicted molar refractivity (Wildman–Crippen MR) is 211 cm³/mol. The van der Waals surface area contributed by atoms with E-state index in [9.17, 15) is 14.4 Å². The van der Waals surface area contributed by atoms with Crippen LogP contribution in [0.15, 0.2) is 12.1 Å². The van der Waals surface area contributed by atoms with Gasteiger partial charge in [0.25, 0.3) is 11.8 Å². The first-order valence-corrected chi connectivity index (χ1v) is 22.0. The highest BCUT2D eigenvalue weighted by atomic mass is 32.1. The number of carbonyl (C=O) groups is 3. The van der Waals surface area contributed by atoms with Crippen molar-refractivity contribution >= 4 is 51.6 Å². The maximum Gasteiger partial charge on any atom is 0.263 e. The highest BCUT2D eigenvalue weighted by molar-refractivity contribution is 7.27. The Hall–Kier alpha value is -2.09. The fourth-order valence-electron chi connectivity index (χ4n) is 8.09. The van der Waals surface area contributed by atoms with E-state index in [1.807, 2.05) is 6.92 Å². The number of carbonyl (C=O) groups excluding carboxylic acids is 3. The van der Waals surface area contributed by atoms with E-state index >= 15 is 0 Å². The lowest BCUT2D eigenvalue weighted by molar-refractivity contribution is 0.0651. The quantitative estimate of drug-likeness (QED) is 0.0766. The summed E-state index contributed by atoms with van der Waals surface area (Å²) in [4.78, 5) is 50.3. The molecule has 0 spiro atoms. The van der Waals surface area contributed by atoms with Gasteiger partial charge in [-0.1, -0.05) is 130 Å². The Kier molecular flexibility index (Phi) is 13.9. The molecular formula is C42H59NO3S3. The van der Waals surface area contributed by atoms with Gasteiger partial charge in [0, 0.05) is 31.6 Å². The van der Waals surface area contributed by atoms with Gasteiger partial charge in [0.2, 0.25) is 0 Å². The Balaban J connectivity index is 1.48. The van der Waals surface area contributed by atoms with E-state index in [0.717, 1.165) is 82.9 Å². The Morgan fingerprint density at radius 3 is 1.69 bits per heavy atom. The molecule has 0 radical (unpaired) electrons. The molecule has 0 bridgehead atoms. The lowest BCUT2D eigenvalue weighted by Gasteiger charge is -2.36. The molecule has 1 aliphatic carbocycles. The average molecular weight is 722 g/mol. The minimum absolute atomic E-state index is 0.123. The van der Waals surface area contributed by atoms with Crippen molar-refractivity contribution in [2.75, 3.05) is 6.54 Å². The monoisotopic (exact) mass is 721 g/mol. The van der Waals surface area contributed by atoms with Crippen LogP contribution in [0.2, 0.25) is 0 Å². The molecule has 2 amide bonds. The van der Waals surface area contributed by atoms with Gasteiger partial charge >= 0.3 is 0 Å². The van der Waals surface area contributed by atoms with E-state index in [-0.39, 0.29) is 11.8 Å². The van der Waals surface area contributed by atoms with Crippen LogP contribution in [0, 0.1) is 13.8 Å². The molecule has 0 saturated heterocycles. The summed E-state index contributed by atoms with van der Waals surface area (Å²) < 4.78 is 0. The second-order valence-corrected chi connectivity index (χ2v) is 18.2. The molecular weight excluding hydrogens is 663 g/mol.